The Balaban J connectivity index is 3.32. The van der Waals surface area contributed by atoms with Crippen LogP contribution >= 0.6 is 15.9 Å². The van der Waals surface area contributed by atoms with Gasteiger partial charge in [0.2, 0.25) is 0 Å². The van der Waals surface area contributed by atoms with Gasteiger partial charge in [0.25, 0.3) is 6.43 Å². The van der Waals surface area contributed by atoms with Gasteiger partial charge in [0.1, 0.15) is 5.75 Å². The molecule has 0 fully saturated rings. The molecule has 0 aliphatic heterocycles. The van der Waals surface area contributed by atoms with Crippen molar-refractivity contribution in [1.82, 2.24) is 4.98 Å². The van der Waals surface area contributed by atoms with Crippen molar-refractivity contribution in [1.29, 1.82) is 5.26 Å². The molecule has 1 N–H and O–H groups in total. The van der Waals surface area contributed by atoms with Crippen molar-refractivity contribution in [3.8, 4) is 11.8 Å². The van der Waals surface area contributed by atoms with Crippen molar-refractivity contribution < 1.29 is 13.9 Å². The molecule has 0 aromatic carbocycles. The van der Waals surface area contributed by atoms with Crippen molar-refractivity contribution >= 4 is 15.9 Å². The van der Waals surface area contributed by atoms with Crippen LogP contribution in [-0.2, 0) is 11.8 Å². The summed E-state index contributed by atoms with van der Waals surface area (Å²) in [6.07, 6.45) is -2.00. The SMILES string of the molecule is N#CCc1c(C(F)F)cnc(CBr)c1O. The van der Waals surface area contributed by atoms with E-state index in [-0.39, 0.29) is 28.8 Å². The second kappa shape index (κ2) is 5.03. The van der Waals surface area contributed by atoms with E-state index in [1.54, 1.807) is 6.07 Å². The van der Waals surface area contributed by atoms with Crippen LogP contribution in [-0.4, -0.2) is 10.1 Å². The first-order valence-electron chi connectivity index (χ1n) is 4.02. The number of hydrogen-bond acceptors (Lipinski definition) is 3. The first-order valence-corrected chi connectivity index (χ1v) is 5.14. The molecule has 0 spiro atoms. The topological polar surface area (TPSA) is 56.9 Å². The van der Waals surface area contributed by atoms with E-state index in [1.807, 2.05) is 0 Å². The minimum absolute atomic E-state index is 0.0445. The number of halogens is 3. The molecule has 1 aromatic heterocycles. The van der Waals surface area contributed by atoms with E-state index >= 15 is 0 Å². The van der Waals surface area contributed by atoms with Crippen molar-refractivity contribution in [2.45, 2.75) is 18.2 Å². The molecule has 6 heteroatoms. The number of alkyl halides is 3. The molecule has 0 saturated heterocycles. The van der Waals surface area contributed by atoms with E-state index < -0.39 is 12.0 Å². The van der Waals surface area contributed by atoms with Gasteiger partial charge < -0.3 is 5.11 Å². The lowest BCUT2D eigenvalue weighted by molar-refractivity contribution is 0.149. The molecule has 80 valence electrons. The summed E-state index contributed by atoms with van der Waals surface area (Å²) in [5, 5.41) is 18.3. The highest BCUT2D eigenvalue weighted by atomic mass is 79.9. The van der Waals surface area contributed by atoms with Crippen LogP contribution in [0.4, 0.5) is 8.78 Å². The van der Waals surface area contributed by atoms with Crippen molar-refractivity contribution in [2.24, 2.45) is 0 Å². The average Bonchev–Trinajstić information content (AvgIpc) is 2.20. The summed E-state index contributed by atoms with van der Waals surface area (Å²) in [6.45, 7) is 0. The molecule has 1 heterocycles. The maximum absolute atomic E-state index is 12.5. The lowest BCUT2D eigenvalue weighted by Crippen LogP contribution is -1.99. The molecule has 0 unspecified atom stereocenters. The highest BCUT2D eigenvalue weighted by molar-refractivity contribution is 9.08. The van der Waals surface area contributed by atoms with E-state index in [4.69, 9.17) is 5.26 Å². The van der Waals surface area contributed by atoms with E-state index in [2.05, 4.69) is 20.9 Å². The van der Waals surface area contributed by atoms with Gasteiger partial charge in [-0.3, -0.25) is 4.98 Å². The zero-order valence-electron chi connectivity index (χ0n) is 7.54. The lowest BCUT2D eigenvalue weighted by Gasteiger charge is -2.10. The van der Waals surface area contributed by atoms with Gasteiger partial charge in [0.05, 0.1) is 18.2 Å². The van der Waals surface area contributed by atoms with Crippen LogP contribution in [0, 0.1) is 11.3 Å². The number of nitrogens with zero attached hydrogens (tertiary/aromatic N) is 2. The number of aromatic nitrogens is 1. The molecule has 0 saturated carbocycles. The van der Waals surface area contributed by atoms with Crippen LogP contribution in [0.25, 0.3) is 0 Å². The number of hydrogen-bond donors (Lipinski definition) is 1. The molecule has 0 bridgehead atoms. The third kappa shape index (κ3) is 2.42. The van der Waals surface area contributed by atoms with Gasteiger partial charge in [-0.25, -0.2) is 8.78 Å². The first kappa shape index (κ1) is 11.9. The third-order valence-corrected chi connectivity index (χ3v) is 2.42. The number of aromatic hydroxyl groups is 1. The van der Waals surface area contributed by atoms with Gasteiger partial charge >= 0.3 is 0 Å². The number of nitriles is 1. The largest absolute Gasteiger partial charge is 0.506 e. The van der Waals surface area contributed by atoms with E-state index in [0.29, 0.717) is 0 Å². The first-order chi connectivity index (χ1) is 7.11. The Morgan fingerprint density at radius 3 is 2.73 bits per heavy atom. The van der Waals surface area contributed by atoms with Gasteiger partial charge in [-0.15, -0.1) is 0 Å². The summed E-state index contributed by atoms with van der Waals surface area (Å²) in [6, 6.07) is 1.73. The maximum atomic E-state index is 12.5. The second-order valence-electron chi connectivity index (χ2n) is 2.76. The molecule has 15 heavy (non-hydrogen) atoms. The normalized spacial score (nSPS) is 10.3. The van der Waals surface area contributed by atoms with Crippen LogP contribution in [0.5, 0.6) is 5.75 Å². The molecule has 0 radical (unpaired) electrons. The molecule has 0 aliphatic carbocycles. The van der Waals surface area contributed by atoms with E-state index in [0.717, 1.165) is 6.20 Å². The highest BCUT2D eigenvalue weighted by Crippen LogP contribution is 2.31. The monoisotopic (exact) mass is 276 g/mol. The fraction of sp³-hybridized carbons (Fsp3) is 0.333. The van der Waals surface area contributed by atoms with E-state index in [1.165, 1.54) is 0 Å². The maximum Gasteiger partial charge on any atom is 0.265 e. The summed E-state index contributed by atoms with van der Waals surface area (Å²) in [7, 11) is 0. The van der Waals surface area contributed by atoms with E-state index in [9.17, 15) is 13.9 Å². The molecular formula is C9H7BrF2N2O. The fourth-order valence-corrected chi connectivity index (χ4v) is 1.56. The molecule has 1 rings (SSSR count). The Bertz CT molecular complexity index is 404. The average molecular weight is 277 g/mol. The van der Waals surface area contributed by atoms with Crippen molar-refractivity contribution in [3.05, 3.63) is 23.0 Å². The summed E-state index contributed by atoms with van der Waals surface area (Å²) in [5.41, 5.74) is -0.180. The Morgan fingerprint density at radius 2 is 2.27 bits per heavy atom. The standard InChI is InChI=1S/C9H7BrF2N2O/c10-3-7-8(15)5(1-2-13)6(4-14-7)9(11)12/h4,9,15H,1,3H2. The van der Waals surface area contributed by atoms with Crippen LogP contribution in [0.1, 0.15) is 23.2 Å². The highest BCUT2D eigenvalue weighted by Gasteiger charge is 2.19. The summed E-state index contributed by atoms with van der Waals surface area (Å²) in [5.74, 6) is -0.328. The molecule has 3 nitrogen and oxygen atoms in total. The smallest absolute Gasteiger partial charge is 0.265 e. The van der Waals surface area contributed by atoms with Gasteiger partial charge in [-0.1, -0.05) is 15.9 Å². The molecule has 0 amide bonds. The zero-order valence-corrected chi connectivity index (χ0v) is 9.13. The predicted molar refractivity (Wildman–Crippen MR) is 52.8 cm³/mol. The van der Waals surface area contributed by atoms with Gasteiger partial charge in [-0.2, -0.15) is 5.26 Å². The Hall–Kier alpha value is -1.22. The Morgan fingerprint density at radius 1 is 1.60 bits per heavy atom. The van der Waals surface area contributed by atoms with Crippen LogP contribution in [0.2, 0.25) is 0 Å². The van der Waals surface area contributed by atoms with Gasteiger partial charge in [0, 0.05) is 22.7 Å². The minimum atomic E-state index is -2.74. The Labute approximate surface area is 93.5 Å². The van der Waals surface area contributed by atoms with Crippen LogP contribution < -0.4 is 0 Å². The Kier molecular flexibility index (Phi) is 3.97. The second-order valence-corrected chi connectivity index (χ2v) is 3.32. The van der Waals surface area contributed by atoms with Crippen molar-refractivity contribution in [3.63, 3.8) is 0 Å². The number of rotatable bonds is 3. The third-order valence-electron chi connectivity index (χ3n) is 1.88. The fourth-order valence-electron chi connectivity index (χ4n) is 1.15. The zero-order chi connectivity index (χ0) is 11.4. The molecule has 0 aliphatic rings. The summed E-state index contributed by atoms with van der Waals surface area (Å²) >= 11 is 3.06. The van der Waals surface area contributed by atoms with Gasteiger partial charge in [-0.05, 0) is 0 Å². The molecule has 0 atom stereocenters. The quantitative estimate of drug-likeness (QED) is 0.864. The summed E-state index contributed by atoms with van der Waals surface area (Å²) in [4.78, 5) is 3.67. The van der Waals surface area contributed by atoms with Crippen LogP contribution in [0.3, 0.4) is 0 Å². The van der Waals surface area contributed by atoms with Gasteiger partial charge in [0.15, 0.2) is 0 Å². The predicted octanol–water partition coefficient (Wildman–Crippen LogP) is 2.69. The number of pyridine rings is 1. The molecular weight excluding hydrogens is 270 g/mol. The summed E-state index contributed by atoms with van der Waals surface area (Å²) < 4.78 is 25.0. The van der Waals surface area contributed by atoms with Crippen molar-refractivity contribution in [2.75, 3.05) is 0 Å². The van der Waals surface area contributed by atoms with Crippen LogP contribution in [0.15, 0.2) is 6.20 Å². The minimum Gasteiger partial charge on any atom is -0.506 e. The molecule has 1 aromatic rings. The lowest BCUT2D eigenvalue weighted by atomic mass is 10.1.